The molecule has 0 saturated carbocycles. The van der Waals surface area contributed by atoms with Crippen LogP contribution < -0.4 is 5.32 Å². The minimum atomic E-state index is -0.297. The Balaban J connectivity index is 2.69. The average Bonchev–Trinajstić information content (AvgIpc) is 2.31. The summed E-state index contributed by atoms with van der Waals surface area (Å²) < 4.78 is 0. The highest BCUT2D eigenvalue weighted by molar-refractivity contribution is 6.13. The third-order valence-electron chi connectivity index (χ3n) is 1.44. The molecule has 1 fully saturated rings. The van der Waals surface area contributed by atoms with E-state index in [9.17, 15) is 9.59 Å². The molecule has 0 aromatic carbocycles. The van der Waals surface area contributed by atoms with Gasteiger partial charge in [-0.15, -0.1) is 0 Å². The van der Waals surface area contributed by atoms with E-state index in [0.29, 0.717) is 5.57 Å². The van der Waals surface area contributed by atoms with E-state index in [-0.39, 0.29) is 18.2 Å². The van der Waals surface area contributed by atoms with Crippen molar-refractivity contribution >= 4 is 11.8 Å². The van der Waals surface area contributed by atoms with E-state index < -0.39 is 0 Å². The topological polar surface area (TPSA) is 46.2 Å². The van der Waals surface area contributed by atoms with Crippen LogP contribution in [0.15, 0.2) is 36.5 Å². The van der Waals surface area contributed by atoms with E-state index >= 15 is 0 Å². The monoisotopic (exact) mass is 163 g/mol. The molecule has 1 aliphatic rings. The molecule has 1 saturated heterocycles. The SMILES string of the molecule is C=C/C=C\C=C1/CC(=O)NC1=O. The second kappa shape index (κ2) is 3.67. The first kappa shape index (κ1) is 8.46. The van der Waals surface area contributed by atoms with Crippen LogP contribution in [-0.4, -0.2) is 11.8 Å². The summed E-state index contributed by atoms with van der Waals surface area (Å²) in [5.74, 6) is -0.535. The number of hydrogen-bond donors (Lipinski definition) is 1. The Hall–Kier alpha value is -1.64. The van der Waals surface area contributed by atoms with Gasteiger partial charge in [0, 0.05) is 5.57 Å². The first-order chi connectivity index (χ1) is 5.74. The fourth-order valence-corrected chi connectivity index (χ4v) is 0.889. The van der Waals surface area contributed by atoms with Gasteiger partial charge in [-0.25, -0.2) is 0 Å². The van der Waals surface area contributed by atoms with E-state index in [2.05, 4.69) is 11.9 Å². The van der Waals surface area contributed by atoms with Crippen LogP contribution in [-0.2, 0) is 9.59 Å². The maximum atomic E-state index is 10.9. The van der Waals surface area contributed by atoms with Crippen LogP contribution in [0.25, 0.3) is 0 Å². The highest BCUT2D eigenvalue weighted by Gasteiger charge is 2.22. The standard InChI is InChI=1S/C9H9NO2/c1-2-3-4-5-7-6-8(11)10-9(7)12/h2-5H,1,6H2,(H,10,11,12)/b4-3-,7-5+. The fourth-order valence-electron chi connectivity index (χ4n) is 0.889. The van der Waals surface area contributed by atoms with Gasteiger partial charge in [0.15, 0.2) is 0 Å². The van der Waals surface area contributed by atoms with Crippen LogP contribution in [0.2, 0.25) is 0 Å². The lowest BCUT2D eigenvalue weighted by molar-refractivity contribution is -0.124. The molecule has 3 nitrogen and oxygen atoms in total. The van der Waals surface area contributed by atoms with E-state index in [4.69, 9.17) is 0 Å². The summed E-state index contributed by atoms with van der Waals surface area (Å²) in [5, 5.41) is 2.19. The van der Waals surface area contributed by atoms with Gasteiger partial charge >= 0.3 is 0 Å². The molecule has 1 heterocycles. The minimum absolute atomic E-state index is 0.181. The molecule has 12 heavy (non-hydrogen) atoms. The van der Waals surface area contributed by atoms with Crippen molar-refractivity contribution < 1.29 is 9.59 Å². The number of allylic oxidation sites excluding steroid dienone is 4. The third kappa shape index (κ3) is 1.92. The van der Waals surface area contributed by atoms with E-state index in [0.717, 1.165) is 0 Å². The van der Waals surface area contributed by atoms with Crippen molar-refractivity contribution in [1.82, 2.24) is 5.32 Å². The Morgan fingerprint density at radius 1 is 1.33 bits per heavy atom. The molecule has 1 rings (SSSR count). The Morgan fingerprint density at radius 3 is 2.58 bits per heavy atom. The lowest BCUT2D eigenvalue weighted by Crippen LogP contribution is -2.19. The normalized spacial score (nSPS) is 20.5. The highest BCUT2D eigenvalue weighted by atomic mass is 16.2. The summed E-state index contributed by atoms with van der Waals surface area (Å²) in [7, 11) is 0. The van der Waals surface area contributed by atoms with Gasteiger partial charge in [-0.05, 0) is 0 Å². The lowest BCUT2D eigenvalue weighted by atomic mass is 10.2. The predicted molar refractivity (Wildman–Crippen MR) is 45.2 cm³/mol. The summed E-state index contributed by atoms with van der Waals surface area (Å²) in [6.07, 6.45) is 6.78. The van der Waals surface area contributed by atoms with Crippen LogP contribution in [0.4, 0.5) is 0 Å². The van der Waals surface area contributed by atoms with Gasteiger partial charge in [-0.3, -0.25) is 14.9 Å². The number of hydrogen-bond acceptors (Lipinski definition) is 2. The number of nitrogens with one attached hydrogen (secondary N) is 1. The van der Waals surface area contributed by atoms with Gasteiger partial charge in [0.05, 0.1) is 6.42 Å². The minimum Gasteiger partial charge on any atom is -0.292 e. The van der Waals surface area contributed by atoms with Crippen molar-refractivity contribution in [3.8, 4) is 0 Å². The Kier molecular flexibility index (Phi) is 2.58. The summed E-state index contributed by atoms with van der Waals surface area (Å²) in [5.41, 5.74) is 0.498. The number of rotatable bonds is 2. The van der Waals surface area contributed by atoms with Gasteiger partial charge in [0.1, 0.15) is 0 Å². The molecule has 0 atom stereocenters. The number of imide groups is 1. The molecular weight excluding hydrogens is 154 g/mol. The molecule has 0 aromatic rings. The van der Waals surface area contributed by atoms with Crippen LogP contribution in [0.1, 0.15) is 6.42 Å². The van der Waals surface area contributed by atoms with Crippen LogP contribution in [0.5, 0.6) is 0 Å². The van der Waals surface area contributed by atoms with Crippen molar-refractivity contribution in [2.24, 2.45) is 0 Å². The third-order valence-corrected chi connectivity index (χ3v) is 1.44. The van der Waals surface area contributed by atoms with Crippen molar-refractivity contribution in [2.45, 2.75) is 6.42 Å². The van der Waals surface area contributed by atoms with Gasteiger partial charge < -0.3 is 0 Å². The molecule has 62 valence electrons. The zero-order valence-corrected chi connectivity index (χ0v) is 6.54. The van der Waals surface area contributed by atoms with Crippen molar-refractivity contribution in [2.75, 3.05) is 0 Å². The first-order valence-electron chi connectivity index (χ1n) is 3.56. The van der Waals surface area contributed by atoms with Crippen LogP contribution >= 0.6 is 0 Å². The lowest BCUT2D eigenvalue weighted by Gasteiger charge is -1.85. The summed E-state index contributed by atoms with van der Waals surface area (Å²) in [4.78, 5) is 21.6. The number of carbonyl (C=O) groups is 2. The number of carbonyl (C=O) groups excluding carboxylic acids is 2. The Labute approximate surface area is 70.5 Å². The quantitative estimate of drug-likeness (QED) is 0.370. The summed E-state index contributed by atoms with van der Waals surface area (Å²) in [6.45, 7) is 3.48. The fraction of sp³-hybridized carbons (Fsp3) is 0.111. The van der Waals surface area contributed by atoms with Crippen LogP contribution in [0.3, 0.4) is 0 Å². The maximum absolute atomic E-state index is 10.9. The molecule has 0 radical (unpaired) electrons. The Morgan fingerprint density at radius 2 is 2.08 bits per heavy atom. The molecule has 1 aliphatic heterocycles. The van der Waals surface area contributed by atoms with Crippen molar-refractivity contribution in [3.05, 3.63) is 36.5 Å². The highest BCUT2D eigenvalue weighted by Crippen LogP contribution is 2.08. The zero-order valence-electron chi connectivity index (χ0n) is 6.54. The molecule has 0 aromatic heterocycles. The van der Waals surface area contributed by atoms with E-state index in [1.54, 1.807) is 24.3 Å². The van der Waals surface area contributed by atoms with Gasteiger partial charge in [-0.2, -0.15) is 0 Å². The predicted octanol–water partition coefficient (Wildman–Crippen LogP) is 0.701. The molecule has 3 heteroatoms. The second-order valence-corrected chi connectivity index (χ2v) is 2.37. The molecule has 2 amide bonds. The van der Waals surface area contributed by atoms with Crippen molar-refractivity contribution in [3.63, 3.8) is 0 Å². The van der Waals surface area contributed by atoms with Crippen molar-refractivity contribution in [1.29, 1.82) is 0 Å². The van der Waals surface area contributed by atoms with E-state index in [1.807, 2.05) is 0 Å². The van der Waals surface area contributed by atoms with Gasteiger partial charge in [-0.1, -0.05) is 30.9 Å². The van der Waals surface area contributed by atoms with Gasteiger partial charge in [0.25, 0.3) is 5.91 Å². The Bertz CT molecular complexity index is 287. The second-order valence-electron chi connectivity index (χ2n) is 2.37. The van der Waals surface area contributed by atoms with Gasteiger partial charge in [0.2, 0.25) is 5.91 Å². The molecule has 0 bridgehead atoms. The molecule has 0 unspecified atom stereocenters. The van der Waals surface area contributed by atoms with E-state index in [1.165, 1.54) is 0 Å². The molecule has 0 spiro atoms. The molecular formula is C9H9NO2. The zero-order chi connectivity index (χ0) is 8.97. The molecule has 1 N–H and O–H groups in total. The smallest absolute Gasteiger partial charge is 0.254 e. The van der Waals surface area contributed by atoms with Crippen LogP contribution in [0, 0.1) is 0 Å². The summed E-state index contributed by atoms with van der Waals surface area (Å²) in [6, 6.07) is 0. The average molecular weight is 163 g/mol. The maximum Gasteiger partial charge on any atom is 0.254 e. The first-order valence-corrected chi connectivity index (χ1v) is 3.56. The summed E-state index contributed by atoms with van der Waals surface area (Å²) >= 11 is 0. The molecule has 0 aliphatic carbocycles. The number of amides is 2. The largest absolute Gasteiger partial charge is 0.292 e.